The Labute approximate surface area is 183 Å². The standard InChI is InChI=1S/C23H32N6O2/c1-27(2)15-12-24-22(31)21-26-25-19-8-9-23(11-14-29(19)21)10-13-28(17-23)20(30)16-18-6-4-3-5-7-18/h3-7H,8-17H2,1-2H3,(H,24,31)/t23-/m0/s1. The van der Waals surface area contributed by atoms with E-state index in [9.17, 15) is 9.59 Å². The molecule has 1 spiro atoms. The van der Waals surface area contributed by atoms with Gasteiger partial charge in [-0.25, -0.2) is 0 Å². The molecule has 1 atom stereocenters. The summed E-state index contributed by atoms with van der Waals surface area (Å²) in [5.41, 5.74) is 1.16. The number of likely N-dealkylation sites (N-methyl/N-ethyl adjacent to an activating group) is 1. The van der Waals surface area contributed by atoms with Gasteiger partial charge in [-0.1, -0.05) is 30.3 Å². The van der Waals surface area contributed by atoms with Crippen LogP contribution in [0.3, 0.4) is 0 Å². The van der Waals surface area contributed by atoms with Crippen molar-refractivity contribution in [3.63, 3.8) is 0 Å². The Morgan fingerprint density at radius 1 is 1.10 bits per heavy atom. The smallest absolute Gasteiger partial charge is 0.289 e. The first-order valence-electron chi connectivity index (χ1n) is 11.1. The predicted molar refractivity (Wildman–Crippen MR) is 118 cm³/mol. The molecule has 3 heterocycles. The van der Waals surface area contributed by atoms with E-state index in [1.807, 2.05) is 58.8 Å². The van der Waals surface area contributed by atoms with E-state index in [2.05, 4.69) is 15.5 Å². The largest absolute Gasteiger partial charge is 0.348 e. The van der Waals surface area contributed by atoms with Crippen molar-refractivity contribution < 1.29 is 9.59 Å². The van der Waals surface area contributed by atoms with E-state index in [-0.39, 0.29) is 17.2 Å². The molecule has 1 N–H and O–H groups in total. The van der Waals surface area contributed by atoms with Crippen LogP contribution in [-0.4, -0.2) is 76.7 Å². The van der Waals surface area contributed by atoms with Crippen LogP contribution in [-0.2, 0) is 24.2 Å². The van der Waals surface area contributed by atoms with E-state index < -0.39 is 0 Å². The number of hydrogen-bond acceptors (Lipinski definition) is 5. The van der Waals surface area contributed by atoms with Crippen molar-refractivity contribution in [2.24, 2.45) is 5.41 Å². The summed E-state index contributed by atoms with van der Waals surface area (Å²) in [6, 6.07) is 9.94. The summed E-state index contributed by atoms with van der Waals surface area (Å²) in [7, 11) is 3.95. The van der Waals surface area contributed by atoms with E-state index in [1.165, 1.54) is 0 Å². The van der Waals surface area contributed by atoms with Crippen molar-refractivity contribution in [1.29, 1.82) is 0 Å². The van der Waals surface area contributed by atoms with Gasteiger partial charge in [-0.3, -0.25) is 9.59 Å². The summed E-state index contributed by atoms with van der Waals surface area (Å²) >= 11 is 0. The van der Waals surface area contributed by atoms with E-state index in [0.717, 1.165) is 63.3 Å². The van der Waals surface area contributed by atoms with Crippen molar-refractivity contribution in [3.8, 4) is 0 Å². The van der Waals surface area contributed by atoms with Crippen LogP contribution in [0.5, 0.6) is 0 Å². The number of rotatable bonds is 6. The fraction of sp³-hybridized carbons (Fsp3) is 0.565. The van der Waals surface area contributed by atoms with Crippen molar-refractivity contribution in [2.75, 3.05) is 40.3 Å². The number of aryl methyl sites for hydroxylation is 1. The van der Waals surface area contributed by atoms with E-state index in [0.29, 0.717) is 18.8 Å². The highest BCUT2D eigenvalue weighted by Crippen LogP contribution is 2.41. The lowest BCUT2D eigenvalue weighted by molar-refractivity contribution is -0.129. The van der Waals surface area contributed by atoms with Crippen molar-refractivity contribution in [1.82, 2.24) is 29.9 Å². The monoisotopic (exact) mass is 424 g/mol. The molecular weight excluding hydrogens is 392 g/mol. The van der Waals surface area contributed by atoms with Crippen LogP contribution in [0, 0.1) is 5.41 Å². The summed E-state index contributed by atoms with van der Waals surface area (Å²) < 4.78 is 1.98. The van der Waals surface area contributed by atoms with Crippen LogP contribution in [0.25, 0.3) is 0 Å². The number of nitrogens with zero attached hydrogens (tertiary/aromatic N) is 5. The summed E-state index contributed by atoms with van der Waals surface area (Å²) in [6.07, 6.45) is 4.17. The molecule has 1 aromatic heterocycles. The number of amides is 2. The van der Waals surface area contributed by atoms with E-state index >= 15 is 0 Å². The summed E-state index contributed by atoms with van der Waals surface area (Å²) in [4.78, 5) is 29.5. The first kappa shape index (κ1) is 21.5. The lowest BCUT2D eigenvalue weighted by Gasteiger charge is -2.27. The Hall–Kier alpha value is -2.74. The summed E-state index contributed by atoms with van der Waals surface area (Å²) in [6.45, 7) is 3.68. The van der Waals surface area contributed by atoms with Gasteiger partial charge in [0.2, 0.25) is 11.7 Å². The molecule has 0 saturated carbocycles. The Kier molecular flexibility index (Phi) is 6.36. The predicted octanol–water partition coefficient (Wildman–Crippen LogP) is 1.37. The molecule has 2 aliphatic rings. The second kappa shape index (κ2) is 9.18. The van der Waals surface area contributed by atoms with Crippen molar-refractivity contribution in [2.45, 2.75) is 38.6 Å². The molecule has 8 nitrogen and oxygen atoms in total. The van der Waals surface area contributed by atoms with Gasteiger partial charge in [-0.05, 0) is 44.3 Å². The van der Waals surface area contributed by atoms with Gasteiger partial charge in [0.25, 0.3) is 5.91 Å². The Bertz CT molecular complexity index is 925. The number of benzene rings is 1. The molecule has 31 heavy (non-hydrogen) atoms. The minimum Gasteiger partial charge on any atom is -0.348 e. The maximum absolute atomic E-state index is 12.8. The van der Waals surface area contributed by atoms with Gasteiger partial charge >= 0.3 is 0 Å². The highest BCUT2D eigenvalue weighted by atomic mass is 16.2. The quantitative estimate of drug-likeness (QED) is 0.757. The van der Waals surface area contributed by atoms with Gasteiger partial charge in [0.05, 0.1) is 6.42 Å². The zero-order valence-electron chi connectivity index (χ0n) is 18.5. The van der Waals surface area contributed by atoms with E-state index in [1.54, 1.807) is 0 Å². The highest BCUT2D eigenvalue weighted by molar-refractivity contribution is 5.90. The third-order valence-corrected chi connectivity index (χ3v) is 6.61. The molecule has 0 aliphatic carbocycles. The highest BCUT2D eigenvalue weighted by Gasteiger charge is 2.41. The van der Waals surface area contributed by atoms with Crippen LogP contribution < -0.4 is 5.32 Å². The van der Waals surface area contributed by atoms with Crippen LogP contribution >= 0.6 is 0 Å². The lowest BCUT2D eigenvalue weighted by atomic mass is 9.80. The molecule has 0 radical (unpaired) electrons. The fourth-order valence-electron chi connectivity index (χ4n) is 4.68. The lowest BCUT2D eigenvalue weighted by Crippen LogP contribution is -2.34. The number of hydrogen-bond donors (Lipinski definition) is 1. The SMILES string of the molecule is CN(C)CCNC(=O)c1nnc2n1CC[C@]1(CC2)CCN(C(=O)Cc2ccccc2)C1. The molecule has 0 bridgehead atoms. The molecule has 2 amide bonds. The maximum atomic E-state index is 12.8. The molecule has 4 rings (SSSR count). The van der Waals surface area contributed by atoms with E-state index in [4.69, 9.17) is 0 Å². The number of likely N-dealkylation sites (tertiary alicyclic amines) is 1. The van der Waals surface area contributed by atoms with Crippen LogP contribution in [0.4, 0.5) is 0 Å². The zero-order valence-corrected chi connectivity index (χ0v) is 18.5. The third kappa shape index (κ3) is 4.95. The first-order valence-corrected chi connectivity index (χ1v) is 11.1. The Morgan fingerprint density at radius 3 is 2.65 bits per heavy atom. The average molecular weight is 425 g/mol. The minimum atomic E-state index is -0.164. The first-order chi connectivity index (χ1) is 15.0. The Balaban J connectivity index is 1.37. The number of carbonyl (C=O) groups is 2. The topological polar surface area (TPSA) is 83.4 Å². The summed E-state index contributed by atoms with van der Waals surface area (Å²) in [5.74, 6) is 1.32. The van der Waals surface area contributed by atoms with Gasteiger partial charge in [0.1, 0.15) is 5.82 Å². The molecule has 166 valence electrons. The van der Waals surface area contributed by atoms with Crippen LogP contribution in [0.2, 0.25) is 0 Å². The Morgan fingerprint density at radius 2 is 1.87 bits per heavy atom. The second-order valence-corrected chi connectivity index (χ2v) is 9.13. The number of nitrogens with one attached hydrogen (secondary N) is 1. The van der Waals surface area contributed by atoms with Crippen LogP contribution in [0.1, 0.15) is 41.3 Å². The van der Waals surface area contributed by atoms with Crippen LogP contribution in [0.15, 0.2) is 30.3 Å². The number of carbonyl (C=O) groups excluding carboxylic acids is 2. The zero-order chi connectivity index (χ0) is 21.8. The molecule has 1 aromatic carbocycles. The molecule has 1 fully saturated rings. The molecule has 2 aromatic rings. The van der Waals surface area contributed by atoms with Crippen molar-refractivity contribution >= 4 is 11.8 Å². The van der Waals surface area contributed by atoms with Gasteiger partial charge in [-0.15, -0.1) is 10.2 Å². The normalized spacial score (nSPS) is 20.7. The second-order valence-electron chi connectivity index (χ2n) is 9.13. The molecular formula is C23H32N6O2. The molecule has 1 saturated heterocycles. The molecule has 8 heteroatoms. The van der Waals surface area contributed by atoms with Crippen molar-refractivity contribution in [3.05, 3.63) is 47.5 Å². The molecule has 0 unspecified atom stereocenters. The summed E-state index contributed by atoms with van der Waals surface area (Å²) in [5, 5.41) is 11.4. The fourth-order valence-corrected chi connectivity index (χ4v) is 4.68. The number of fused-ring (bicyclic) bond motifs is 1. The maximum Gasteiger partial charge on any atom is 0.289 e. The third-order valence-electron chi connectivity index (χ3n) is 6.61. The molecule has 2 aliphatic heterocycles. The van der Waals surface area contributed by atoms with Gasteiger partial charge < -0.3 is 19.7 Å². The average Bonchev–Trinajstić information content (AvgIpc) is 3.31. The van der Waals surface area contributed by atoms with Gasteiger partial charge in [0, 0.05) is 39.1 Å². The minimum absolute atomic E-state index is 0.103. The van der Waals surface area contributed by atoms with Gasteiger partial charge in [-0.2, -0.15) is 0 Å². The van der Waals surface area contributed by atoms with Gasteiger partial charge in [0.15, 0.2) is 0 Å². The number of aromatic nitrogens is 3.